The predicted molar refractivity (Wildman–Crippen MR) is 129 cm³/mol. The minimum atomic E-state index is -0.341. The molecule has 0 aromatic heterocycles. The number of rotatable bonds is 11. The van der Waals surface area contributed by atoms with Crippen molar-refractivity contribution in [1.82, 2.24) is 0 Å². The first kappa shape index (κ1) is 23.8. The Morgan fingerprint density at radius 3 is 2.17 bits per heavy atom. The summed E-state index contributed by atoms with van der Waals surface area (Å²) in [6, 6.07) is 8.28. The zero-order chi connectivity index (χ0) is 21.2. The van der Waals surface area contributed by atoms with Crippen LogP contribution in [0.3, 0.4) is 0 Å². The molecule has 0 heterocycles. The molecule has 2 fully saturated rings. The Balaban J connectivity index is 1.29. The summed E-state index contributed by atoms with van der Waals surface area (Å²) in [5.74, 6) is 4.70. The molecule has 0 nitrogen and oxygen atoms in total. The Hall–Kier alpha value is -0.850. The molecule has 0 aliphatic heterocycles. The van der Waals surface area contributed by atoms with Crippen LogP contribution in [-0.4, -0.2) is 0 Å². The maximum absolute atomic E-state index is 12.7. The van der Waals surface area contributed by atoms with Gasteiger partial charge in [0.2, 0.25) is 0 Å². The minimum absolute atomic E-state index is 0.341. The molecule has 30 heavy (non-hydrogen) atoms. The fraction of sp³-hybridized carbons (Fsp3) is 0.793. The molecule has 1 unspecified atom stereocenters. The number of halogens is 1. The lowest BCUT2D eigenvalue weighted by Gasteiger charge is -2.33. The van der Waals surface area contributed by atoms with Crippen molar-refractivity contribution in [3.05, 3.63) is 35.4 Å². The monoisotopic (exact) mass is 414 g/mol. The van der Waals surface area contributed by atoms with Gasteiger partial charge in [-0.1, -0.05) is 95.9 Å². The van der Waals surface area contributed by atoms with Gasteiger partial charge in [0.1, 0.15) is 6.67 Å². The average molecular weight is 415 g/mol. The van der Waals surface area contributed by atoms with Crippen LogP contribution in [0.5, 0.6) is 0 Å². The molecule has 2 aliphatic rings. The van der Waals surface area contributed by atoms with Gasteiger partial charge in [-0.15, -0.1) is 0 Å². The molecule has 0 bridgehead atoms. The van der Waals surface area contributed by atoms with Crippen molar-refractivity contribution in [2.45, 2.75) is 123 Å². The minimum Gasteiger partial charge on any atom is -0.246 e. The van der Waals surface area contributed by atoms with Gasteiger partial charge in [0.05, 0.1) is 0 Å². The van der Waals surface area contributed by atoms with Gasteiger partial charge < -0.3 is 0 Å². The molecule has 1 aromatic carbocycles. The number of benzene rings is 1. The number of unbranched alkanes of at least 4 members (excludes halogenated alkanes) is 2. The lowest BCUT2D eigenvalue weighted by molar-refractivity contribution is 0.189. The molecule has 1 atom stereocenters. The molecule has 0 spiro atoms. The van der Waals surface area contributed by atoms with Gasteiger partial charge in [-0.3, -0.25) is 0 Å². The van der Waals surface area contributed by atoms with Crippen LogP contribution in [0.15, 0.2) is 24.3 Å². The molecule has 1 heteroatoms. The molecule has 170 valence electrons. The molecule has 0 saturated heterocycles. The van der Waals surface area contributed by atoms with Crippen molar-refractivity contribution in [3.8, 4) is 0 Å². The zero-order valence-corrected chi connectivity index (χ0v) is 19.9. The van der Waals surface area contributed by atoms with E-state index in [4.69, 9.17) is 0 Å². The fourth-order valence-electron chi connectivity index (χ4n) is 6.42. The van der Waals surface area contributed by atoms with Crippen molar-refractivity contribution in [2.24, 2.45) is 23.7 Å². The Morgan fingerprint density at radius 1 is 0.833 bits per heavy atom. The van der Waals surface area contributed by atoms with Gasteiger partial charge in [-0.25, -0.2) is 4.39 Å². The van der Waals surface area contributed by atoms with E-state index in [9.17, 15) is 4.39 Å². The maximum Gasteiger partial charge on any atom is 0.115 e. The fourth-order valence-corrected chi connectivity index (χ4v) is 6.42. The van der Waals surface area contributed by atoms with E-state index in [1.807, 2.05) is 12.1 Å². The summed E-state index contributed by atoms with van der Waals surface area (Å²) in [4.78, 5) is 0. The highest BCUT2D eigenvalue weighted by Gasteiger charge is 2.25. The van der Waals surface area contributed by atoms with Gasteiger partial charge in [0, 0.05) is 0 Å². The zero-order valence-electron chi connectivity index (χ0n) is 19.9. The maximum atomic E-state index is 12.7. The van der Waals surface area contributed by atoms with Crippen molar-refractivity contribution in [1.29, 1.82) is 0 Å². The topological polar surface area (TPSA) is 0 Å². The predicted octanol–water partition coefficient (Wildman–Crippen LogP) is 9.62. The molecule has 3 rings (SSSR count). The van der Waals surface area contributed by atoms with Crippen molar-refractivity contribution in [3.63, 3.8) is 0 Å². The lowest BCUT2D eigenvalue weighted by Crippen LogP contribution is -2.21. The second kappa shape index (κ2) is 12.9. The Morgan fingerprint density at radius 2 is 1.53 bits per heavy atom. The highest BCUT2D eigenvalue weighted by molar-refractivity contribution is 5.25. The standard InChI is InChI=1S/C29H47F/c1-3-7-26(27-16-10-23(2)11-17-27)9-6-4-5-8-24-12-18-28(19-13-24)29-20-14-25(22-30)15-21-29/h14-15,20-21,23-24,26-28H,3-13,16-19,22H2,1-2H3. The Bertz CT molecular complexity index is 561. The third kappa shape index (κ3) is 7.38. The summed E-state index contributed by atoms with van der Waals surface area (Å²) in [5.41, 5.74) is 2.25. The van der Waals surface area contributed by atoms with Crippen LogP contribution in [0.25, 0.3) is 0 Å². The summed E-state index contributed by atoms with van der Waals surface area (Å²) < 4.78 is 12.7. The van der Waals surface area contributed by atoms with Crippen molar-refractivity contribution < 1.29 is 4.39 Å². The smallest absolute Gasteiger partial charge is 0.115 e. The van der Waals surface area contributed by atoms with Gasteiger partial charge in [0.25, 0.3) is 0 Å². The van der Waals surface area contributed by atoms with E-state index in [0.29, 0.717) is 5.92 Å². The summed E-state index contributed by atoms with van der Waals surface area (Å²) in [6.45, 7) is 4.48. The largest absolute Gasteiger partial charge is 0.246 e. The van der Waals surface area contributed by atoms with Crippen molar-refractivity contribution in [2.75, 3.05) is 0 Å². The highest BCUT2D eigenvalue weighted by atomic mass is 19.1. The second-order valence-corrected chi connectivity index (χ2v) is 10.8. The van der Waals surface area contributed by atoms with Gasteiger partial charge in [-0.05, 0) is 79.2 Å². The lowest BCUT2D eigenvalue weighted by atomic mass is 9.73. The summed E-state index contributed by atoms with van der Waals surface area (Å²) in [6.07, 6.45) is 21.6. The van der Waals surface area contributed by atoms with Gasteiger partial charge in [0.15, 0.2) is 0 Å². The van der Waals surface area contributed by atoms with Crippen LogP contribution in [0.1, 0.15) is 127 Å². The molecule has 0 radical (unpaired) electrons. The molecular formula is C29H47F. The average Bonchev–Trinajstić information content (AvgIpc) is 2.79. The first-order chi connectivity index (χ1) is 14.7. The molecule has 0 amide bonds. The number of hydrogen-bond donors (Lipinski definition) is 0. The van der Waals surface area contributed by atoms with E-state index in [0.717, 1.165) is 29.2 Å². The van der Waals surface area contributed by atoms with E-state index in [1.54, 1.807) is 0 Å². The second-order valence-electron chi connectivity index (χ2n) is 10.8. The number of hydrogen-bond acceptors (Lipinski definition) is 0. The molecule has 1 aromatic rings. The van der Waals surface area contributed by atoms with Crippen LogP contribution in [0, 0.1) is 23.7 Å². The third-order valence-corrected chi connectivity index (χ3v) is 8.53. The normalized spacial score (nSPS) is 28.4. The van der Waals surface area contributed by atoms with Crippen LogP contribution in [0.2, 0.25) is 0 Å². The highest BCUT2D eigenvalue weighted by Crippen LogP contribution is 2.39. The Kier molecular flexibility index (Phi) is 10.2. The van der Waals surface area contributed by atoms with Gasteiger partial charge >= 0.3 is 0 Å². The van der Waals surface area contributed by atoms with E-state index < -0.39 is 0 Å². The SMILES string of the molecule is CCCC(CCCCCC1CCC(c2ccc(CF)cc2)CC1)C1CCC(C)CC1. The molecule has 2 aliphatic carbocycles. The first-order valence-corrected chi connectivity index (χ1v) is 13.3. The van der Waals surface area contributed by atoms with Crippen molar-refractivity contribution >= 4 is 0 Å². The Labute approximate surface area is 186 Å². The van der Waals surface area contributed by atoms with E-state index >= 15 is 0 Å². The quantitative estimate of drug-likeness (QED) is 0.316. The molecule has 2 saturated carbocycles. The van der Waals surface area contributed by atoms with Crippen LogP contribution >= 0.6 is 0 Å². The number of alkyl halides is 1. The summed E-state index contributed by atoms with van der Waals surface area (Å²) >= 11 is 0. The van der Waals surface area contributed by atoms with Crippen LogP contribution in [-0.2, 0) is 6.67 Å². The first-order valence-electron chi connectivity index (χ1n) is 13.3. The van der Waals surface area contributed by atoms with Gasteiger partial charge in [-0.2, -0.15) is 0 Å². The van der Waals surface area contributed by atoms with Crippen LogP contribution < -0.4 is 0 Å². The molecule has 0 N–H and O–H groups in total. The van der Waals surface area contributed by atoms with Crippen LogP contribution in [0.4, 0.5) is 4.39 Å². The summed E-state index contributed by atoms with van der Waals surface area (Å²) in [5, 5.41) is 0. The van der Waals surface area contributed by atoms with E-state index in [2.05, 4.69) is 26.0 Å². The molecular weight excluding hydrogens is 367 g/mol. The third-order valence-electron chi connectivity index (χ3n) is 8.53. The van der Waals surface area contributed by atoms with E-state index in [1.165, 1.54) is 102 Å². The summed E-state index contributed by atoms with van der Waals surface area (Å²) in [7, 11) is 0. The van der Waals surface area contributed by atoms with E-state index in [-0.39, 0.29) is 6.67 Å².